The zero-order valence-corrected chi connectivity index (χ0v) is 18.8. The second-order valence-electron chi connectivity index (χ2n) is 7.88. The van der Waals surface area contributed by atoms with E-state index in [1.807, 2.05) is 36.4 Å². The molecule has 1 aliphatic heterocycles. The van der Waals surface area contributed by atoms with E-state index in [1.165, 1.54) is 0 Å². The normalized spacial score (nSPS) is 14.3. The number of morpholine rings is 1. The Kier molecular flexibility index (Phi) is 7.64. The predicted octanol–water partition coefficient (Wildman–Crippen LogP) is 3.77. The van der Waals surface area contributed by atoms with E-state index in [0.29, 0.717) is 19.1 Å². The fourth-order valence-electron chi connectivity index (χ4n) is 3.83. The maximum absolute atomic E-state index is 5.93. The molecule has 0 aliphatic carbocycles. The molecule has 0 N–H and O–H groups in total. The maximum atomic E-state index is 5.93. The summed E-state index contributed by atoms with van der Waals surface area (Å²) in [6.07, 6.45) is 2.63. The summed E-state index contributed by atoms with van der Waals surface area (Å²) in [7, 11) is 3.36. The fraction of sp³-hybridized carbons (Fsp3) is 0.400. The summed E-state index contributed by atoms with van der Waals surface area (Å²) in [5.74, 6) is 1.67. The van der Waals surface area contributed by atoms with Crippen LogP contribution in [-0.4, -0.2) is 57.0 Å². The minimum absolute atomic E-state index is 0.618. The maximum Gasteiger partial charge on any atom is 0.298 e. The summed E-state index contributed by atoms with van der Waals surface area (Å²) in [5, 5.41) is 0. The summed E-state index contributed by atoms with van der Waals surface area (Å²) in [6, 6.07) is 16.8. The van der Waals surface area contributed by atoms with Gasteiger partial charge in [0, 0.05) is 39.1 Å². The summed E-state index contributed by atoms with van der Waals surface area (Å²) < 4.78 is 22.2. The molecular weight excluding hydrogens is 406 g/mol. The van der Waals surface area contributed by atoms with Crippen molar-refractivity contribution in [3.05, 3.63) is 71.6 Å². The summed E-state index contributed by atoms with van der Waals surface area (Å²) in [6.45, 7) is 5.82. The number of hydrogen-bond acceptors (Lipinski definition) is 7. The van der Waals surface area contributed by atoms with Gasteiger partial charge < -0.3 is 23.5 Å². The molecule has 0 spiro atoms. The lowest BCUT2D eigenvalue weighted by Gasteiger charge is -2.26. The molecule has 1 fully saturated rings. The summed E-state index contributed by atoms with van der Waals surface area (Å²) in [4.78, 5) is 9.36. The highest BCUT2D eigenvalue weighted by Gasteiger charge is 2.17. The molecule has 7 nitrogen and oxygen atoms in total. The fourth-order valence-corrected chi connectivity index (χ4v) is 3.83. The van der Waals surface area contributed by atoms with Crippen LogP contribution in [0.2, 0.25) is 0 Å². The molecule has 32 heavy (non-hydrogen) atoms. The molecule has 0 atom stereocenters. The zero-order chi connectivity index (χ0) is 22.2. The average molecular weight is 438 g/mol. The van der Waals surface area contributed by atoms with Crippen molar-refractivity contribution < 1.29 is 18.6 Å². The molecule has 1 aliphatic rings. The van der Waals surface area contributed by atoms with Crippen molar-refractivity contribution in [3.63, 3.8) is 0 Å². The minimum Gasteiger partial charge on any atom is -0.497 e. The third-order valence-electron chi connectivity index (χ3n) is 5.61. The van der Waals surface area contributed by atoms with Crippen molar-refractivity contribution in [2.45, 2.75) is 19.5 Å². The van der Waals surface area contributed by atoms with Crippen LogP contribution in [-0.2, 0) is 24.2 Å². The Labute approximate surface area is 189 Å². The van der Waals surface area contributed by atoms with Crippen LogP contribution in [0.25, 0.3) is 0 Å². The van der Waals surface area contributed by atoms with Crippen molar-refractivity contribution in [1.82, 2.24) is 9.88 Å². The predicted molar refractivity (Wildman–Crippen MR) is 123 cm³/mol. The Morgan fingerprint density at radius 1 is 0.938 bits per heavy atom. The molecule has 1 aromatic heterocycles. The zero-order valence-electron chi connectivity index (χ0n) is 18.8. The van der Waals surface area contributed by atoms with Crippen LogP contribution >= 0.6 is 0 Å². The van der Waals surface area contributed by atoms with Gasteiger partial charge in [0.1, 0.15) is 17.8 Å². The topological polar surface area (TPSA) is 60.2 Å². The van der Waals surface area contributed by atoms with Crippen LogP contribution in [0.1, 0.15) is 16.8 Å². The largest absolute Gasteiger partial charge is 0.497 e. The summed E-state index contributed by atoms with van der Waals surface area (Å²) in [5.41, 5.74) is 3.22. The quantitative estimate of drug-likeness (QED) is 0.478. The lowest BCUT2D eigenvalue weighted by Crippen LogP contribution is -2.37. The minimum atomic E-state index is 0.618. The molecule has 0 unspecified atom stereocenters. The highest BCUT2D eigenvalue weighted by atomic mass is 16.5. The average Bonchev–Trinajstić information content (AvgIpc) is 3.32. The molecule has 3 aromatic rings. The third-order valence-corrected chi connectivity index (χ3v) is 5.61. The first-order valence-electron chi connectivity index (χ1n) is 11.0. The second-order valence-corrected chi connectivity index (χ2v) is 7.88. The number of ether oxygens (including phenoxy) is 3. The van der Waals surface area contributed by atoms with Crippen LogP contribution in [0.15, 0.2) is 59.2 Å². The number of anilines is 1. The number of benzene rings is 2. The van der Waals surface area contributed by atoms with Crippen LogP contribution in [0.5, 0.6) is 11.5 Å². The third kappa shape index (κ3) is 6.02. The van der Waals surface area contributed by atoms with E-state index in [-0.39, 0.29) is 0 Å². The van der Waals surface area contributed by atoms with Gasteiger partial charge in [-0.3, -0.25) is 4.90 Å². The Bertz CT molecular complexity index is 935. The molecular formula is C25H31N3O4. The van der Waals surface area contributed by atoms with Crippen LogP contribution in [0.3, 0.4) is 0 Å². The Hall–Kier alpha value is -3.03. The summed E-state index contributed by atoms with van der Waals surface area (Å²) >= 11 is 0. The van der Waals surface area contributed by atoms with Gasteiger partial charge in [-0.15, -0.1) is 0 Å². The molecule has 1 saturated heterocycles. The standard InChI is InChI=1S/C25H31N3O4/c1-29-23-7-3-5-20(15-23)17-28(18-21-6-4-8-24(16-21)30-2)25-26-22(19-32-25)9-10-27-11-13-31-14-12-27/h3-8,15-16,19H,9-14,17-18H2,1-2H3. The number of methoxy groups -OCH3 is 2. The highest BCUT2D eigenvalue weighted by Crippen LogP contribution is 2.23. The Balaban J connectivity index is 1.50. The van der Waals surface area contributed by atoms with Gasteiger partial charge in [-0.1, -0.05) is 24.3 Å². The van der Waals surface area contributed by atoms with Gasteiger partial charge in [-0.25, -0.2) is 0 Å². The second kappa shape index (κ2) is 11.0. The van der Waals surface area contributed by atoms with Crippen molar-refractivity contribution in [1.29, 1.82) is 0 Å². The van der Waals surface area contributed by atoms with Gasteiger partial charge >= 0.3 is 0 Å². The van der Waals surface area contributed by atoms with Crippen LogP contribution in [0.4, 0.5) is 6.01 Å². The molecule has 2 aromatic carbocycles. The number of rotatable bonds is 10. The Morgan fingerprint density at radius 3 is 2.16 bits per heavy atom. The molecule has 0 saturated carbocycles. The lowest BCUT2D eigenvalue weighted by atomic mass is 10.1. The first kappa shape index (κ1) is 22.2. The highest BCUT2D eigenvalue weighted by molar-refractivity contribution is 5.37. The lowest BCUT2D eigenvalue weighted by molar-refractivity contribution is 0.0383. The van der Waals surface area contributed by atoms with E-state index in [4.69, 9.17) is 23.6 Å². The van der Waals surface area contributed by atoms with Crippen molar-refractivity contribution in [3.8, 4) is 11.5 Å². The van der Waals surface area contributed by atoms with Gasteiger partial charge in [0.25, 0.3) is 6.01 Å². The van der Waals surface area contributed by atoms with Gasteiger partial charge in [-0.2, -0.15) is 4.98 Å². The van der Waals surface area contributed by atoms with E-state index in [9.17, 15) is 0 Å². The van der Waals surface area contributed by atoms with E-state index >= 15 is 0 Å². The van der Waals surface area contributed by atoms with Crippen LogP contribution < -0.4 is 14.4 Å². The van der Waals surface area contributed by atoms with Gasteiger partial charge in [0.15, 0.2) is 0 Å². The van der Waals surface area contributed by atoms with Gasteiger partial charge in [-0.05, 0) is 35.4 Å². The SMILES string of the molecule is COc1cccc(CN(Cc2cccc(OC)c2)c2nc(CCN3CCOCC3)co2)c1. The molecule has 7 heteroatoms. The van der Waals surface area contributed by atoms with E-state index in [2.05, 4.69) is 21.9 Å². The van der Waals surface area contributed by atoms with Crippen molar-refractivity contribution in [2.75, 3.05) is 52.0 Å². The first-order valence-corrected chi connectivity index (χ1v) is 11.0. The monoisotopic (exact) mass is 437 g/mol. The van der Waals surface area contributed by atoms with Gasteiger partial charge in [0.2, 0.25) is 0 Å². The molecule has 0 bridgehead atoms. The number of aromatic nitrogens is 1. The number of oxazole rings is 1. The first-order chi connectivity index (χ1) is 15.7. The number of nitrogens with zero attached hydrogens (tertiary/aromatic N) is 3. The van der Waals surface area contributed by atoms with E-state index in [1.54, 1.807) is 20.5 Å². The Morgan fingerprint density at radius 2 is 1.56 bits per heavy atom. The van der Waals surface area contributed by atoms with Gasteiger partial charge in [0.05, 0.1) is 33.1 Å². The van der Waals surface area contributed by atoms with Crippen LogP contribution in [0, 0.1) is 0 Å². The number of hydrogen-bond donors (Lipinski definition) is 0. The smallest absolute Gasteiger partial charge is 0.298 e. The molecule has 170 valence electrons. The molecule has 0 amide bonds. The van der Waals surface area contributed by atoms with Crippen molar-refractivity contribution in [2.24, 2.45) is 0 Å². The molecule has 4 rings (SSSR count). The molecule has 2 heterocycles. The van der Waals surface area contributed by atoms with E-state index in [0.717, 1.165) is 67.6 Å². The van der Waals surface area contributed by atoms with E-state index < -0.39 is 0 Å². The van der Waals surface area contributed by atoms with Crippen molar-refractivity contribution >= 4 is 6.01 Å². The molecule has 0 radical (unpaired) electrons.